The summed E-state index contributed by atoms with van der Waals surface area (Å²) in [5.41, 5.74) is 2.54. The third-order valence-electron chi connectivity index (χ3n) is 5.67. The Labute approximate surface area is 237 Å². The van der Waals surface area contributed by atoms with E-state index in [4.69, 9.17) is 23.2 Å². The molecule has 0 unspecified atom stereocenters. The van der Waals surface area contributed by atoms with Crippen molar-refractivity contribution in [3.63, 3.8) is 0 Å². The van der Waals surface area contributed by atoms with Crippen molar-refractivity contribution in [1.82, 2.24) is 0 Å². The summed E-state index contributed by atoms with van der Waals surface area (Å²) < 4.78 is 56.1. The van der Waals surface area contributed by atoms with E-state index >= 15 is 0 Å². The normalized spacial score (nSPS) is 11.6. The van der Waals surface area contributed by atoms with Crippen LogP contribution in [0.1, 0.15) is 21.5 Å². The molecule has 4 aromatic rings. The van der Waals surface area contributed by atoms with Gasteiger partial charge in [0.05, 0.1) is 26.2 Å². The van der Waals surface area contributed by atoms with Gasteiger partial charge in [0.1, 0.15) is 0 Å². The molecule has 0 saturated carbocycles. The maximum Gasteiger partial charge on any atom is 0.261 e. The molecule has 39 heavy (non-hydrogen) atoms. The molecule has 0 heterocycles. The van der Waals surface area contributed by atoms with Crippen LogP contribution in [0.5, 0.6) is 0 Å². The van der Waals surface area contributed by atoms with Gasteiger partial charge in [-0.2, -0.15) is 0 Å². The Morgan fingerprint density at radius 1 is 0.667 bits per heavy atom. The predicted octanol–water partition coefficient (Wildman–Crippen LogP) is 6.46. The van der Waals surface area contributed by atoms with Crippen LogP contribution in [0.25, 0.3) is 0 Å². The Kier molecular flexibility index (Phi) is 8.22. The number of hydrogen-bond acceptors (Lipinski definition) is 5. The minimum atomic E-state index is -3.95. The number of rotatable bonds is 8. The van der Waals surface area contributed by atoms with E-state index in [2.05, 4.69) is 14.8 Å². The van der Waals surface area contributed by atoms with E-state index in [1.54, 1.807) is 31.2 Å². The fraction of sp³-hybridized carbons (Fsp3) is 0.0741. The largest absolute Gasteiger partial charge is 0.322 e. The molecule has 0 aliphatic carbocycles. The first-order valence-corrected chi connectivity index (χ1v) is 15.2. The van der Waals surface area contributed by atoms with Gasteiger partial charge in [0, 0.05) is 16.3 Å². The smallest absolute Gasteiger partial charge is 0.261 e. The van der Waals surface area contributed by atoms with Gasteiger partial charge in [0.2, 0.25) is 0 Å². The Morgan fingerprint density at radius 3 is 1.82 bits per heavy atom. The highest BCUT2D eigenvalue weighted by atomic mass is 35.5. The summed E-state index contributed by atoms with van der Waals surface area (Å²) in [5, 5.41) is 3.20. The standard InChI is InChI=1S/C27H23Cl2N3O5S2/c1-17-3-10-22(11-4-17)39(36,37)32-26-15-19(6-5-18(26)2)27(33)30-21-8-12-23(13-9-21)38(34,35)31-25-14-7-20(28)16-24(25)29/h3-16,31-32H,1-2H3,(H,30,33). The third kappa shape index (κ3) is 6.90. The lowest BCUT2D eigenvalue weighted by atomic mass is 10.1. The summed E-state index contributed by atoms with van der Waals surface area (Å²) >= 11 is 11.9. The van der Waals surface area contributed by atoms with Crippen molar-refractivity contribution >= 4 is 66.2 Å². The van der Waals surface area contributed by atoms with Crippen LogP contribution >= 0.6 is 23.2 Å². The quantitative estimate of drug-likeness (QED) is 0.213. The van der Waals surface area contributed by atoms with Crippen LogP contribution in [0.3, 0.4) is 0 Å². The number of nitrogens with one attached hydrogen (secondary N) is 3. The summed E-state index contributed by atoms with van der Waals surface area (Å²) in [6, 6.07) is 21.0. The first kappa shape index (κ1) is 28.4. The second-order valence-corrected chi connectivity index (χ2v) is 12.9. The SMILES string of the molecule is Cc1ccc(S(=O)(=O)Nc2cc(C(=O)Nc3ccc(S(=O)(=O)Nc4ccc(Cl)cc4Cl)cc3)ccc2C)cc1. The molecule has 0 aromatic heterocycles. The van der Waals surface area contributed by atoms with Gasteiger partial charge in [-0.3, -0.25) is 14.2 Å². The van der Waals surface area contributed by atoms with Crippen molar-refractivity contribution in [3.8, 4) is 0 Å². The molecule has 0 aliphatic rings. The molecule has 8 nitrogen and oxygen atoms in total. The van der Waals surface area contributed by atoms with Gasteiger partial charge < -0.3 is 5.32 Å². The number of benzene rings is 4. The van der Waals surface area contributed by atoms with E-state index in [-0.39, 0.29) is 31.8 Å². The van der Waals surface area contributed by atoms with E-state index in [9.17, 15) is 21.6 Å². The molecule has 4 rings (SSSR count). The Hall–Kier alpha value is -3.57. The molecule has 0 spiro atoms. The highest BCUT2D eigenvalue weighted by Crippen LogP contribution is 2.28. The van der Waals surface area contributed by atoms with Crippen molar-refractivity contribution in [1.29, 1.82) is 0 Å². The Morgan fingerprint density at radius 2 is 1.23 bits per heavy atom. The molecule has 0 saturated heterocycles. The van der Waals surface area contributed by atoms with E-state index in [0.717, 1.165) is 5.56 Å². The summed E-state index contributed by atoms with van der Waals surface area (Å²) in [4.78, 5) is 12.9. The van der Waals surface area contributed by atoms with Gasteiger partial charge in [-0.15, -0.1) is 0 Å². The van der Waals surface area contributed by atoms with Gasteiger partial charge >= 0.3 is 0 Å². The summed E-state index contributed by atoms with van der Waals surface area (Å²) in [5.74, 6) is -0.507. The first-order chi connectivity index (χ1) is 18.3. The molecule has 0 radical (unpaired) electrons. The highest BCUT2D eigenvalue weighted by Gasteiger charge is 2.18. The van der Waals surface area contributed by atoms with E-state index in [1.165, 1.54) is 60.7 Å². The van der Waals surface area contributed by atoms with Crippen molar-refractivity contribution in [2.24, 2.45) is 0 Å². The average Bonchev–Trinajstić information content (AvgIpc) is 2.87. The Balaban J connectivity index is 1.48. The third-order valence-corrected chi connectivity index (χ3v) is 8.98. The van der Waals surface area contributed by atoms with Gasteiger partial charge in [0.25, 0.3) is 26.0 Å². The minimum Gasteiger partial charge on any atom is -0.322 e. The van der Waals surface area contributed by atoms with Crippen LogP contribution < -0.4 is 14.8 Å². The zero-order valence-electron chi connectivity index (χ0n) is 20.7. The van der Waals surface area contributed by atoms with E-state index in [1.807, 2.05) is 6.92 Å². The van der Waals surface area contributed by atoms with Crippen LogP contribution in [0, 0.1) is 13.8 Å². The number of halogens is 2. The lowest BCUT2D eigenvalue weighted by molar-refractivity contribution is 0.102. The average molecular weight is 605 g/mol. The number of hydrogen-bond donors (Lipinski definition) is 3. The number of aryl methyl sites for hydroxylation is 2. The maximum absolute atomic E-state index is 12.9. The van der Waals surface area contributed by atoms with Crippen LogP contribution in [-0.2, 0) is 20.0 Å². The summed E-state index contributed by atoms with van der Waals surface area (Å²) in [6.45, 7) is 3.58. The second kappa shape index (κ2) is 11.3. The lowest BCUT2D eigenvalue weighted by Crippen LogP contribution is -2.16. The fourth-order valence-corrected chi connectivity index (χ4v) is 6.20. The predicted molar refractivity (Wildman–Crippen MR) is 155 cm³/mol. The van der Waals surface area contributed by atoms with Crippen LogP contribution in [0.4, 0.5) is 17.1 Å². The van der Waals surface area contributed by atoms with Gasteiger partial charge in [-0.05, 0) is 86.1 Å². The maximum atomic E-state index is 12.9. The van der Waals surface area contributed by atoms with Crippen molar-refractivity contribution < 1.29 is 21.6 Å². The minimum absolute atomic E-state index is 0.0466. The number of amides is 1. The first-order valence-electron chi connectivity index (χ1n) is 11.4. The highest BCUT2D eigenvalue weighted by molar-refractivity contribution is 7.93. The van der Waals surface area contributed by atoms with Gasteiger partial charge in [-0.25, -0.2) is 16.8 Å². The fourth-order valence-electron chi connectivity index (χ4n) is 3.49. The van der Waals surface area contributed by atoms with Crippen molar-refractivity contribution in [2.75, 3.05) is 14.8 Å². The molecular formula is C27H23Cl2N3O5S2. The molecular weight excluding hydrogens is 581 g/mol. The number of carbonyl (C=O) groups excluding carboxylic acids is 1. The van der Waals surface area contributed by atoms with Gasteiger partial charge in [0.15, 0.2) is 0 Å². The van der Waals surface area contributed by atoms with E-state index < -0.39 is 26.0 Å². The Bertz CT molecular complexity index is 1760. The molecule has 0 aliphatic heterocycles. The number of anilines is 3. The molecule has 202 valence electrons. The molecule has 4 aromatic carbocycles. The van der Waals surface area contributed by atoms with Crippen molar-refractivity contribution in [3.05, 3.63) is 112 Å². The summed E-state index contributed by atoms with van der Waals surface area (Å²) in [6.07, 6.45) is 0. The molecule has 3 N–H and O–H groups in total. The number of sulfonamides is 2. The van der Waals surface area contributed by atoms with Crippen LogP contribution in [0.15, 0.2) is 94.7 Å². The van der Waals surface area contributed by atoms with Gasteiger partial charge in [-0.1, -0.05) is 47.0 Å². The lowest BCUT2D eigenvalue weighted by Gasteiger charge is -2.13. The van der Waals surface area contributed by atoms with Crippen LogP contribution in [0.2, 0.25) is 10.0 Å². The van der Waals surface area contributed by atoms with E-state index in [0.29, 0.717) is 16.3 Å². The molecule has 0 fully saturated rings. The zero-order valence-corrected chi connectivity index (χ0v) is 23.8. The number of carbonyl (C=O) groups is 1. The molecule has 0 bridgehead atoms. The monoisotopic (exact) mass is 603 g/mol. The molecule has 1 amide bonds. The zero-order chi connectivity index (χ0) is 28.4. The topological polar surface area (TPSA) is 121 Å². The van der Waals surface area contributed by atoms with Crippen molar-refractivity contribution in [2.45, 2.75) is 23.6 Å². The molecule has 0 atom stereocenters. The summed E-state index contributed by atoms with van der Waals surface area (Å²) in [7, 11) is -7.81. The van der Waals surface area contributed by atoms with Crippen LogP contribution in [-0.4, -0.2) is 22.7 Å². The second-order valence-electron chi connectivity index (χ2n) is 8.66. The molecule has 12 heteroatoms.